The van der Waals surface area contributed by atoms with Crippen LogP contribution in [0.3, 0.4) is 0 Å². The van der Waals surface area contributed by atoms with E-state index in [0.717, 1.165) is 0 Å². The van der Waals surface area contributed by atoms with Gasteiger partial charge in [0.15, 0.2) is 11.5 Å². The maximum absolute atomic E-state index is 8.65. The lowest BCUT2D eigenvalue weighted by molar-refractivity contribution is 0.523. The van der Waals surface area contributed by atoms with Gasteiger partial charge in [0.2, 0.25) is 5.16 Å². The Morgan fingerprint density at radius 2 is 1.95 bits per heavy atom. The predicted molar refractivity (Wildman–Crippen MR) is 69.7 cm³/mol. The maximum Gasteiger partial charge on any atom is 0.216 e. The van der Waals surface area contributed by atoms with Gasteiger partial charge in [-0.15, -0.1) is 20.4 Å². The summed E-state index contributed by atoms with van der Waals surface area (Å²) < 4.78 is 1.45. The number of hydrogen-bond acceptors (Lipinski definition) is 7. The zero-order chi connectivity index (χ0) is 14.0. The first-order chi connectivity index (χ1) is 8.91. The van der Waals surface area contributed by atoms with Gasteiger partial charge in [-0.25, -0.2) is 4.68 Å². The fraction of sp³-hybridized carbons (Fsp3) is 0.364. The number of nitrogen functional groups attached to an aromatic ring is 1. The van der Waals surface area contributed by atoms with Crippen molar-refractivity contribution in [3.05, 3.63) is 23.7 Å². The second kappa shape index (κ2) is 4.85. The van der Waals surface area contributed by atoms with Crippen LogP contribution in [-0.2, 0) is 5.41 Å². The molecule has 0 fully saturated rings. The number of rotatable bonds is 2. The van der Waals surface area contributed by atoms with Crippen molar-refractivity contribution < 1.29 is 0 Å². The van der Waals surface area contributed by atoms with Gasteiger partial charge in [-0.1, -0.05) is 20.8 Å². The van der Waals surface area contributed by atoms with Gasteiger partial charge in [-0.05, 0) is 23.9 Å². The van der Waals surface area contributed by atoms with E-state index in [4.69, 9.17) is 11.1 Å². The van der Waals surface area contributed by atoms with Crippen LogP contribution in [0.25, 0.3) is 0 Å². The van der Waals surface area contributed by atoms with Gasteiger partial charge in [0.25, 0.3) is 0 Å². The van der Waals surface area contributed by atoms with Gasteiger partial charge in [0, 0.05) is 5.41 Å². The third-order valence-electron chi connectivity index (χ3n) is 2.29. The molecule has 2 heterocycles. The molecule has 0 unspecified atom stereocenters. The first kappa shape index (κ1) is 13.3. The van der Waals surface area contributed by atoms with Gasteiger partial charge in [0.1, 0.15) is 11.1 Å². The van der Waals surface area contributed by atoms with Crippen LogP contribution in [-0.4, -0.2) is 25.1 Å². The summed E-state index contributed by atoms with van der Waals surface area (Å²) in [5.74, 6) is 6.65. The lowest BCUT2D eigenvalue weighted by Gasteiger charge is -2.16. The molecule has 0 atom stereocenters. The summed E-state index contributed by atoms with van der Waals surface area (Å²) in [5.41, 5.74) is 0.0885. The fourth-order valence-electron chi connectivity index (χ4n) is 1.39. The van der Waals surface area contributed by atoms with E-state index in [2.05, 4.69) is 20.4 Å². The number of nitrogens with zero attached hydrogens (tertiary/aromatic N) is 6. The Hall–Kier alpha value is -2.14. The molecule has 0 aliphatic rings. The number of nitriles is 1. The summed E-state index contributed by atoms with van der Waals surface area (Å²) in [6, 6.07) is 5.20. The van der Waals surface area contributed by atoms with Crippen LogP contribution in [0.2, 0.25) is 0 Å². The first-order valence-corrected chi connectivity index (χ1v) is 6.36. The van der Waals surface area contributed by atoms with Crippen LogP contribution in [0.4, 0.5) is 0 Å². The van der Waals surface area contributed by atoms with Crippen molar-refractivity contribution in [2.24, 2.45) is 0 Å². The Bertz CT molecular complexity index is 618. The standard InChI is InChI=1S/C11H13N7S/c1-11(2,3)9-16-17-10(18(9)13)19-8-5-4-7(6-12)14-15-8/h4-5H,13H2,1-3H3. The maximum atomic E-state index is 8.65. The van der Waals surface area contributed by atoms with E-state index in [9.17, 15) is 0 Å². The Kier molecular flexibility index (Phi) is 3.40. The van der Waals surface area contributed by atoms with Gasteiger partial charge in [-0.3, -0.25) is 0 Å². The van der Waals surface area contributed by atoms with Crippen molar-refractivity contribution >= 4 is 11.8 Å². The SMILES string of the molecule is CC(C)(C)c1nnc(Sc2ccc(C#N)nn2)n1N. The van der Waals surface area contributed by atoms with Crippen molar-refractivity contribution in [3.63, 3.8) is 0 Å². The van der Waals surface area contributed by atoms with Crippen LogP contribution in [0.15, 0.2) is 22.3 Å². The van der Waals surface area contributed by atoms with Crippen LogP contribution in [0, 0.1) is 11.3 Å². The van der Waals surface area contributed by atoms with E-state index >= 15 is 0 Å². The number of aromatic nitrogens is 5. The molecule has 98 valence electrons. The molecule has 2 aromatic rings. The summed E-state index contributed by atoms with van der Waals surface area (Å²) in [4.78, 5) is 0. The number of hydrogen-bond donors (Lipinski definition) is 1. The van der Waals surface area contributed by atoms with E-state index in [1.54, 1.807) is 12.1 Å². The van der Waals surface area contributed by atoms with E-state index < -0.39 is 0 Å². The topological polar surface area (TPSA) is 106 Å². The van der Waals surface area contributed by atoms with Crippen LogP contribution in [0.5, 0.6) is 0 Å². The monoisotopic (exact) mass is 275 g/mol. The zero-order valence-corrected chi connectivity index (χ0v) is 11.6. The molecule has 0 bridgehead atoms. The van der Waals surface area contributed by atoms with Gasteiger partial charge >= 0.3 is 0 Å². The van der Waals surface area contributed by atoms with Crippen molar-refractivity contribution in [1.29, 1.82) is 5.26 Å². The highest BCUT2D eigenvalue weighted by Gasteiger charge is 2.23. The highest BCUT2D eigenvalue weighted by atomic mass is 32.2. The molecule has 0 aromatic carbocycles. The first-order valence-electron chi connectivity index (χ1n) is 5.54. The third-order valence-corrected chi connectivity index (χ3v) is 3.17. The predicted octanol–water partition coefficient (Wildman–Crippen LogP) is 1.10. The summed E-state index contributed by atoms with van der Waals surface area (Å²) in [6.07, 6.45) is 0. The normalized spacial score (nSPS) is 11.3. The molecule has 2 aromatic heterocycles. The summed E-state index contributed by atoms with van der Waals surface area (Å²) in [6.45, 7) is 6.03. The van der Waals surface area contributed by atoms with E-state index in [1.165, 1.54) is 16.4 Å². The molecule has 0 saturated heterocycles. The Morgan fingerprint density at radius 3 is 2.42 bits per heavy atom. The molecule has 0 aliphatic heterocycles. The molecule has 8 heteroatoms. The summed E-state index contributed by atoms with van der Waals surface area (Å²) >= 11 is 1.25. The highest BCUT2D eigenvalue weighted by molar-refractivity contribution is 7.99. The Morgan fingerprint density at radius 1 is 1.21 bits per heavy atom. The minimum Gasteiger partial charge on any atom is -0.336 e. The van der Waals surface area contributed by atoms with Crippen molar-refractivity contribution in [1.82, 2.24) is 25.1 Å². The average molecular weight is 275 g/mol. The van der Waals surface area contributed by atoms with Crippen molar-refractivity contribution in [2.75, 3.05) is 5.84 Å². The van der Waals surface area contributed by atoms with Gasteiger partial charge in [-0.2, -0.15) is 5.26 Å². The smallest absolute Gasteiger partial charge is 0.216 e. The highest BCUT2D eigenvalue weighted by Crippen LogP contribution is 2.26. The van der Waals surface area contributed by atoms with E-state index in [1.807, 2.05) is 26.8 Å². The van der Waals surface area contributed by atoms with Crippen LogP contribution < -0.4 is 5.84 Å². The van der Waals surface area contributed by atoms with Crippen LogP contribution >= 0.6 is 11.8 Å². The second-order valence-electron chi connectivity index (χ2n) is 4.90. The lowest BCUT2D eigenvalue weighted by atomic mass is 9.96. The zero-order valence-electron chi connectivity index (χ0n) is 10.8. The van der Waals surface area contributed by atoms with Crippen LogP contribution in [0.1, 0.15) is 32.3 Å². The molecule has 0 amide bonds. The Labute approximate surface area is 114 Å². The van der Waals surface area contributed by atoms with E-state index in [0.29, 0.717) is 16.0 Å². The Balaban J connectivity index is 2.24. The third kappa shape index (κ3) is 2.82. The quantitative estimate of drug-likeness (QED) is 0.818. The van der Waals surface area contributed by atoms with E-state index in [-0.39, 0.29) is 11.1 Å². The molecule has 2 rings (SSSR count). The molecular formula is C11H13N7S. The average Bonchev–Trinajstić information content (AvgIpc) is 2.72. The van der Waals surface area contributed by atoms with Crippen molar-refractivity contribution in [3.8, 4) is 6.07 Å². The minimum absolute atomic E-state index is 0.184. The largest absolute Gasteiger partial charge is 0.336 e. The molecule has 7 nitrogen and oxygen atoms in total. The molecular weight excluding hydrogens is 262 g/mol. The number of nitrogens with two attached hydrogens (primary N) is 1. The minimum atomic E-state index is -0.184. The molecule has 0 aliphatic carbocycles. The lowest BCUT2D eigenvalue weighted by Crippen LogP contribution is -2.24. The molecule has 0 radical (unpaired) electrons. The van der Waals surface area contributed by atoms with Crippen molar-refractivity contribution in [2.45, 2.75) is 36.4 Å². The molecule has 0 saturated carbocycles. The molecule has 0 spiro atoms. The van der Waals surface area contributed by atoms with Gasteiger partial charge < -0.3 is 5.84 Å². The fourth-order valence-corrected chi connectivity index (χ4v) is 2.06. The summed E-state index contributed by atoms with van der Waals surface area (Å²) in [5, 5.41) is 25.6. The second-order valence-corrected chi connectivity index (χ2v) is 5.88. The van der Waals surface area contributed by atoms with Gasteiger partial charge in [0.05, 0.1) is 0 Å². The summed E-state index contributed by atoms with van der Waals surface area (Å²) in [7, 11) is 0. The molecule has 19 heavy (non-hydrogen) atoms. The molecule has 2 N–H and O–H groups in total.